The Morgan fingerprint density at radius 2 is 1.80 bits per heavy atom. The zero-order valence-electron chi connectivity index (χ0n) is 26.1. The molecule has 4 heterocycles. The first-order chi connectivity index (χ1) is 24.4. The molecular weight excluding hydrogens is 710 g/mol. The predicted octanol–water partition coefficient (Wildman–Crippen LogP) is 7.62. The molecule has 6 aromatic rings. The number of pyridine rings is 2. The predicted molar refractivity (Wildman–Crippen MR) is 184 cm³/mol. The summed E-state index contributed by atoms with van der Waals surface area (Å²) in [7, 11) is 0. The maximum Gasteiger partial charge on any atom is 0.270 e. The summed E-state index contributed by atoms with van der Waals surface area (Å²) >= 11 is 3.47. The van der Waals surface area contributed by atoms with Crippen molar-refractivity contribution in [2.75, 3.05) is 5.73 Å². The zero-order chi connectivity index (χ0) is 34.4. The van der Waals surface area contributed by atoms with E-state index in [1.807, 2.05) is 59.2 Å². The second-order valence-corrected chi connectivity index (χ2v) is 12.6. The number of nitrogens with two attached hydrogens (primary N) is 1. The van der Waals surface area contributed by atoms with E-state index in [0.717, 1.165) is 22.4 Å². The Balaban J connectivity index is 1.10. The number of carbonyl (C=O) groups excluding carboxylic acids is 1. The molecular formula is C37H27BrF2N6O4. The zero-order valence-corrected chi connectivity index (χ0v) is 27.7. The third-order valence-electron chi connectivity index (χ3n) is 8.69. The van der Waals surface area contributed by atoms with Gasteiger partial charge in [-0.1, -0.05) is 36.4 Å². The maximum atomic E-state index is 15.6. The van der Waals surface area contributed by atoms with Crippen LogP contribution in [0.3, 0.4) is 0 Å². The highest BCUT2D eigenvalue weighted by Gasteiger charge is 2.32. The molecule has 0 spiro atoms. The number of aryl methyl sites for hydroxylation is 1. The van der Waals surface area contributed by atoms with Crippen LogP contribution in [0.2, 0.25) is 0 Å². The SMILES string of the molecule is Nc1ncccc1-c1nc2ccc(Br)nc2n1-c1ccc2c(c1)CC[C@@H]2NC(=O)c1cc(C2OC=CO2)c(OCc2ccccc2)c(F)c1F. The number of amides is 1. The van der Waals surface area contributed by atoms with Gasteiger partial charge in [-0.3, -0.25) is 9.36 Å². The minimum absolute atomic E-state index is 0.0317. The van der Waals surface area contributed by atoms with Crippen LogP contribution in [0.25, 0.3) is 28.2 Å². The highest BCUT2D eigenvalue weighted by molar-refractivity contribution is 9.10. The summed E-state index contributed by atoms with van der Waals surface area (Å²) in [6.45, 7) is -0.0317. The molecule has 0 bridgehead atoms. The van der Waals surface area contributed by atoms with Gasteiger partial charge in [-0.15, -0.1) is 0 Å². The number of hydrogen-bond donors (Lipinski definition) is 2. The molecule has 50 heavy (non-hydrogen) atoms. The molecule has 8 rings (SSSR count). The minimum atomic E-state index is -1.33. The lowest BCUT2D eigenvalue weighted by Crippen LogP contribution is -2.28. The van der Waals surface area contributed by atoms with Crippen molar-refractivity contribution in [3.05, 3.63) is 142 Å². The van der Waals surface area contributed by atoms with E-state index in [2.05, 4.69) is 26.2 Å². The van der Waals surface area contributed by atoms with Gasteiger partial charge in [0, 0.05) is 11.9 Å². The number of halogens is 3. The fourth-order valence-electron chi connectivity index (χ4n) is 6.33. The monoisotopic (exact) mass is 736 g/mol. The van der Waals surface area contributed by atoms with Gasteiger partial charge in [0.1, 0.15) is 35.1 Å². The summed E-state index contributed by atoms with van der Waals surface area (Å²) in [5.74, 6) is -2.91. The molecule has 0 fully saturated rings. The number of nitrogens with zero attached hydrogens (tertiary/aromatic N) is 4. The number of fused-ring (bicyclic) bond motifs is 2. The van der Waals surface area contributed by atoms with E-state index in [1.54, 1.807) is 24.4 Å². The molecule has 250 valence electrons. The topological polar surface area (TPSA) is 126 Å². The van der Waals surface area contributed by atoms with Crippen LogP contribution in [0.4, 0.5) is 14.6 Å². The molecule has 3 aromatic carbocycles. The quantitative estimate of drug-likeness (QED) is 0.153. The number of imidazole rings is 1. The Kier molecular flexibility index (Phi) is 8.11. The lowest BCUT2D eigenvalue weighted by molar-refractivity contribution is -0.0271. The molecule has 3 N–H and O–H groups in total. The van der Waals surface area contributed by atoms with Crippen molar-refractivity contribution in [2.24, 2.45) is 0 Å². The molecule has 0 saturated heterocycles. The van der Waals surface area contributed by atoms with Crippen LogP contribution in [-0.4, -0.2) is 25.4 Å². The van der Waals surface area contributed by atoms with Crippen molar-refractivity contribution >= 4 is 38.8 Å². The van der Waals surface area contributed by atoms with Crippen molar-refractivity contribution < 1.29 is 27.8 Å². The molecule has 2 aliphatic rings. The highest BCUT2D eigenvalue weighted by atomic mass is 79.9. The van der Waals surface area contributed by atoms with E-state index in [0.29, 0.717) is 45.8 Å². The van der Waals surface area contributed by atoms with Crippen molar-refractivity contribution in [1.82, 2.24) is 24.8 Å². The number of ether oxygens (including phenoxy) is 3. The summed E-state index contributed by atoms with van der Waals surface area (Å²) in [4.78, 5) is 27.4. The van der Waals surface area contributed by atoms with E-state index in [1.165, 1.54) is 18.6 Å². The molecule has 3 aromatic heterocycles. The van der Waals surface area contributed by atoms with Gasteiger partial charge in [0.2, 0.25) is 5.82 Å². The molecule has 10 nitrogen and oxygen atoms in total. The normalized spacial score (nSPS) is 15.1. The van der Waals surface area contributed by atoms with Gasteiger partial charge in [-0.25, -0.2) is 19.3 Å². The minimum Gasteiger partial charge on any atom is -0.485 e. The number of hydrogen-bond acceptors (Lipinski definition) is 8. The number of anilines is 1. The van der Waals surface area contributed by atoms with Gasteiger partial charge in [0.25, 0.3) is 12.2 Å². The first kappa shape index (κ1) is 31.4. The molecule has 0 radical (unpaired) electrons. The van der Waals surface area contributed by atoms with Crippen molar-refractivity contribution in [3.8, 4) is 22.8 Å². The smallest absolute Gasteiger partial charge is 0.270 e. The Hall–Kier alpha value is -5.82. The molecule has 1 amide bonds. The summed E-state index contributed by atoms with van der Waals surface area (Å²) in [6, 6.07) is 23.0. The summed E-state index contributed by atoms with van der Waals surface area (Å²) in [5, 5.41) is 2.90. The third-order valence-corrected chi connectivity index (χ3v) is 9.13. The number of nitrogen functional groups attached to an aromatic ring is 1. The van der Waals surface area contributed by atoms with Gasteiger partial charge in [0.05, 0.1) is 22.7 Å². The Bertz CT molecular complexity index is 2310. The van der Waals surface area contributed by atoms with Crippen LogP contribution >= 0.6 is 15.9 Å². The highest BCUT2D eigenvalue weighted by Crippen LogP contribution is 2.39. The molecule has 1 atom stereocenters. The molecule has 0 saturated carbocycles. The van der Waals surface area contributed by atoms with E-state index < -0.39 is 41.2 Å². The van der Waals surface area contributed by atoms with Gasteiger partial charge >= 0.3 is 0 Å². The number of benzene rings is 3. The average Bonchev–Trinajstić information content (AvgIpc) is 3.89. The molecule has 1 aliphatic carbocycles. The third kappa shape index (κ3) is 5.68. The molecule has 13 heteroatoms. The summed E-state index contributed by atoms with van der Waals surface area (Å²) < 4.78 is 50.4. The largest absolute Gasteiger partial charge is 0.485 e. The Morgan fingerprint density at radius 3 is 2.60 bits per heavy atom. The Morgan fingerprint density at radius 1 is 0.980 bits per heavy atom. The maximum absolute atomic E-state index is 15.6. The van der Waals surface area contributed by atoms with Crippen LogP contribution in [0, 0.1) is 11.6 Å². The van der Waals surface area contributed by atoms with Gasteiger partial charge in [-0.2, -0.15) is 4.39 Å². The second kappa shape index (κ2) is 12.9. The first-order valence-electron chi connectivity index (χ1n) is 15.7. The number of rotatable bonds is 8. The average molecular weight is 738 g/mol. The second-order valence-electron chi connectivity index (χ2n) is 11.8. The van der Waals surface area contributed by atoms with Crippen LogP contribution in [0.5, 0.6) is 5.75 Å². The fraction of sp³-hybridized carbons (Fsp3) is 0.135. The molecule has 0 unspecified atom stereocenters. The van der Waals surface area contributed by atoms with Crippen LogP contribution in [0.15, 0.2) is 102 Å². The molecule has 1 aliphatic heterocycles. The van der Waals surface area contributed by atoms with Crippen LogP contribution < -0.4 is 15.8 Å². The summed E-state index contributed by atoms with van der Waals surface area (Å²) in [5.41, 5.74) is 11.1. The standard InChI is InChI=1S/C37H27BrF2N6O4/c38-29-13-12-28-35(45-29)46(34(43-28)24-7-4-14-42-33(24)41)22-9-10-23-21(17-22)8-11-27(23)44-36(47)25-18-26(37-48-15-16-49-37)32(31(40)30(25)39)50-19-20-5-2-1-3-6-20/h1-7,9-10,12-18,27,37H,8,11,19H2,(H2,41,42)(H,44,47)/t27-/m0/s1. The van der Waals surface area contributed by atoms with E-state index in [9.17, 15) is 4.79 Å². The Labute approximate surface area is 292 Å². The number of carbonyl (C=O) groups is 1. The van der Waals surface area contributed by atoms with Crippen LogP contribution in [0.1, 0.15) is 51.4 Å². The van der Waals surface area contributed by atoms with Gasteiger partial charge in [0.15, 0.2) is 23.0 Å². The first-order valence-corrected chi connectivity index (χ1v) is 16.5. The number of aromatic nitrogens is 4. The van der Waals surface area contributed by atoms with Crippen molar-refractivity contribution in [1.29, 1.82) is 0 Å². The van der Waals surface area contributed by atoms with E-state index in [-0.39, 0.29) is 12.2 Å². The van der Waals surface area contributed by atoms with E-state index >= 15 is 8.78 Å². The van der Waals surface area contributed by atoms with Crippen molar-refractivity contribution in [3.63, 3.8) is 0 Å². The number of nitrogens with one attached hydrogen (secondary N) is 1. The lowest BCUT2D eigenvalue weighted by atomic mass is 10.0. The summed E-state index contributed by atoms with van der Waals surface area (Å²) in [6.07, 6.45) is 4.25. The lowest BCUT2D eigenvalue weighted by Gasteiger charge is -2.20. The van der Waals surface area contributed by atoms with Gasteiger partial charge < -0.3 is 25.3 Å². The van der Waals surface area contributed by atoms with Crippen molar-refractivity contribution in [2.45, 2.75) is 31.8 Å². The van der Waals surface area contributed by atoms with E-state index in [4.69, 9.17) is 29.9 Å². The fourth-order valence-corrected chi connectivity index (χ4v) is 6.63. The van der Waals surface area contributed by atoms with Gasteiger partial charge in [-0.05, 0) is 87.9 Å². The van der Waals surface area contributed by atoms with Crippen LogP contribution in [-0.2, 0) is 22.5 Å².